The Kier molecular flexibility index (Phi) is 8.92. The number of aromatic nitrogens is 2. The van der Waals surface area contributed by atoms with Gasteiger partial charge in [-0.1, -0.05) is 50.6 Å². The largest absolute Gasteiger partial charge is 0.273 e. The van der Waals surface area contributed by atoms with Crippen LogP contribution in [-0.2, 0) is 4.79 Å². The van der Waals surface area contributed by atoms with Gasteiger partial charge in [-0.25, -0.2) is 5.43 Å². The summed E-state index contributed by atoms with van der Waals surface area (Å²) in [7, 11) is 0. The fourth-order valence-electron chi connectivity index (χ4n) is 2.31. The molecule has 0 spiro atoms. The summed E-state index contributed by atoms with van der Waals surface area (Å²) in [5.74, 6) is -0.0539. The van der Waals surface area contributed by atoms with Crippen molar-refractivity contribution in [2.24, 2.45) is 5.10 Å². The average molecular weight is 341 g/mol. The fraction of sp³-hybridized carbons (Fsp3) is 0.706. The normalized spacial score (nSPS) is 11.6. The lowest BCUT2D eigenvalue weighted by Gasteiger charge is -2.05. The Morgan fingerprint density at radius 3 is 2.57 bits per heavy atom. The molecule has 1 aromatic rings. The maximum Gasteiger partial charge on any atom is 0.240 e. The van der Waals surface area contributed by atoms with Crippen LogP contribution in [-0.4, -0.2) is 21.9 Å². The lowest BCUT2D eigenvalue weighted by molar-refractivity contribution is -0.121. The van der Waals surface area contributed by atoms with E-state index in [0.717, 1.165) is 24.1 Å². The third kappa shape index (κ3) is 6.73. The van der Waals surface area contributed by atoms with Crippen LogP contribution in [0, 0.1) is 6.92 Å². The van der Waals surface area contributed by atoms with E-state index in [9.17, 15) is 4.79 Å². The molecule has 1 aromatic heterocycles. The van der Waals surface area contributed by atoms with E-state index >= 15 is 0 Å². The van der Waals surface area contributed by atoms with Crippen LogP contribution in [0.2, 0.25) is 5.15 Å². The molecule has 0 saturated heterocycles. The molecule has 0 saturated carbocycles. The lowest BCUT2D eigenvalue weighted by atomic mass is 10.1. The summed E-state index contributed by atoms with van der Waals surface area (Å²) in [6, 6.07) is 0.186. The summed E-state index contributed by atoms with van der Waals surface area (Å²) < 4.78 is 1.75. The zero-order chi connectivity index (χ0) is 17.2. The number of hydrazone groups is 1. The molecule has 130 valence electrons. The molecule has 6 heteroatoms. The van der Waals surface area contributed by atoms with Crippen LogP contribution in [0.1, 0.15) is 83.0 Å². The third-order valence-electron chi connectivity index (χ3n) is 3.70. The van der Waals surface area contributed by atoms with Gasteiger partial charge in [0, 0.05) is 12.5 Å². The van der Waals surface area contributed by atoms with E-state index in [0.29, 0.717) is 11.6 Å². The first-order valence-corrected chi connectivity index (χ1v) is 8.91. The van der Waals surface area contributed by atoms with Gasteiger partial charge in [-0.05, 0) is 27.2 Å². The number of amides is 1. The molecule has 0 unspecified atom stereocenters. The minimum Gasteiger partial charge on any atom is -0.273 e. The van der Waals surface area contributed by atoms with Crippen molar-refractivity contribution in [2.75, 3.05) is 0 Å². The number of hydrogen-bond acceptors (Lipinski definition) is 3. The maximum absolute atomic E-state index is 11.7. The Morgan fingerprint density at radius 2 is 1.96 bits per heavy atom. The predicted octanol–water partition coefficient (Wildman–Crippen LogP) is 4.63. The van der Waals surface area contributed by atoms with Crippen molar-refractivity contribution in [3.8, 4) is 0 Å². The van der Waals surface area contributed by atoms with Gasteiger partial charge in [0.25, 0.3) is 0 Å². The zero-order valence-electron chi connectivity index (χ0n) is 14.7. The number of nitrogens with one attached hydrogen (secondary N) is 1. The van der Waals surface area contributed by atoms with Crippen LogP contribution in [0.4, 0.5) is 0 Å². The molecule has 1 N–H and O–H groups in total. The first kappa shape index (κ1) is 19.7. The van der Waals surface area contributed by atoms with Gasteiger partial charge in [0.2, 0.25) is 5.91 Å². The second-order valence-electron chi connectivity index (χ2n) is 6.14. The predicted molar refractivity (Wildman–Crippen MR) is 96.1 cm³/mol. The van der Waals surface area contributed by atoms with Crippen molar-refractivity contribution in [1.29, 1.82) is 0 Å². The molecule has 5 nitrogen and oxygen atoms in total. The highest BCUT2D eigenvalue weighted by molar-refractivity contribution is 6.32. The fourth-order valence-corrected chi connectivity index (χ4v) is 2.73. The van der Waals surface area contributed by atoms with E-state index in [-0.39, 0.29) is 11.9 Å². The van der Waals surface area contributed by atoms with E-state index in [1.807, 2.05) is 20.8 Å². The summed E-state index contributed by atoms with van der Waals surface area (Å²) in [6.45, 7) is 8.11. The zero-order valence-corrected chi connectivity index (χ0v) is 15.5. The van der Waals surface area contributed by atoms with E-state index in [1.54, 1.807) is 10.9 Å². The Balaban J connectivity index is 2.37. The van der Waals surface area contributed by atoms with Crippen molar-refractivity contribution in [3.63, 3.8) is 0 Å². The molecule has 1 heterocycles. The first-order valence-electron chi connectivity index (χ1n) is 8.53. The molecule has 0 aromatic carbocycles. The summed E-state index contributed by atoms with van der Waals surface area (Å²) in [5, 5.41) is 8.92. The van der Waals surface area contributed by atoms with Gasteiger partial charge < -0.3 is 0 Å². The summed E-state index contributed by atoms with van der Waals surface area (Å²) in [5.41, 5.74) is 4.11. The Labute approximate surface area is 144 Å². The van der Waals surface area contributed by atoms with Gasteiger partial charge in [0.1, 0.15) is 5.15 Å². The van der Waals surface area contributed by atoms with Gasteiger partial charge in [0.05, 0.1) is 17.5 Å². The summed E-state index contributed by atoms with van der Waals surface area (Å²) >= 11 is 6.28. The minimum atomic E-state index is -0.0539. The van der Waals surface area contributed by atoms with Gasteiger partial charge in [0.15, 0.2) is 0 Å². The highest BCUT2D eigenvalue weighted by Gasteiger charge is 2.13. The number of rotatable bonds is 10. The lowest BCUT2D eigenvalue weighted by Crippen LogP contribution is -2.17. The molecule has 0 bridgehead atoms. The van der Waals surface area contributed by atoms with Crippen molar-refractivity contribution < 1.29 is 4.79 Å². The Hall–Kier alpha value is -1.36. The molecular weight excluding hydrogens is 312 g/mol. The van der Waals surface area contributed by atoms with Crippen molar-refractivity contribution in [2.45, 2.75) is 78.7 Å². The molecule has 0 aliphatic rings. The molecule has 0 atom stereocenters. The third-order valence-corrected chi connectivity index (χ3v) is 4.08. The van der Waals surface area contributed by atoms with Crippen LogP contribution in [0.25, 0.3) is 0 Å². The molecule has 0 aliphatic carbocycles. The van der Waals surface area contributed by atoms with Crippen LogP contribution in [0.15, 0.2) is 5.10 Å². The van der Waals surface area contributed by atoms with Gasteiger partial charge in [-0.3, -0.25) is 9.48 Å². The van der Waals surface area contributed by atoms with Crippen LogP contribution >= 0.6 is 11.6 Å². The van der Waals surface area contributed by atoms with Crippen molar-refractivity contribution in [1.82, 2.24) is 15.2 Å². The summed E-state index contributed by atoms with van der Waals surface area (Å²) in [6.07, 6.45) is 9.08. The number of nitrogens with zero attached hydrogens (tertiary/aromatic N) is 3. The minimum absolute atomic E-state index is 0.0539. The molecule has 0 radical (unpaired) electrons. The van der Waals surface area contributed by atoms with Crippen molar-refractivity contribution in [3.05, 3.63) is 16.4 Å². The number of carbonyl (C=O) groups is 1. The summed E-state index contributed by atoms with van der Waals surface area (Å²) in [4.78, 5) is 11.7. The van der Waals surface area contributed by atoms with E-state index in [2.05, 4.69) is 22.5 Å². The molecule has 1 rings (SSSR count). The van der Waals surface area contributed by atoms with Gasteiger partial charge in [-0.15, -0.1) is 0 Å². The second kappa shape index (κ2) is 10.4. The molecule has 0 fully saturated rings. The molecule has 23 heavy (non-hydrogen) atoms. The topological polar surface area (TPSA) is 59.3 Å². The van der Waals surface area contributed by atoms with E-state index in [4.69, 9.17) is 11.6 Å². The SMILES string of the molecule is CCCCCCCCC(=O)N/N=C\c1c(C)nn(C(C)C)c1Cl. The maximum atomic E-state index is 11.7. The van der Waals surface area contributed by atoms with Gasteiger partial charge in [-0.2, -0.15) is 10.2 Å². The molecule has 1 amide bonds. The second-order valence-corrected chi connectivity index (χ2v) is 6.50. The number of carbonyl (C=O) groups excluding carboxylic acids is 1. The highest BCUT2D eigenvalue weighted by Crippen LogP contribution is 2.21. The Bertz CT molecular complexity index is 523. The van der Waals surface area contributed by atoms with Crippen LogP contribution < -0.4 is 5.43 Å². The quantitative estimate of drug-likeness (QED) is 0.383. The van der Waals surface area contributed by atoms with Crippen LogP contribution in [0.5, 0.6) is 0 Å². The number of hydrogen-bond donors (Lipinski definition) is 1. The first-order chi connectivity index (χ1) is 11.0. The van der Waals surface area contributed by atoms with Crippen molar-refractivity contribution >= 4 is 23.7 Å². The number of aryl methyl sites for hydroxylation is 1. The smallest absolute Gasteiger partial charge is 0.240 e. The monoisotopic (exact) mass is 340 g/mol. The average Bonchev–Trinajstić information content (AvgIpc) is 2.79. The van der Waals surface area contributed by atoms with Gasteiger partial charge >= 0.3 is 0 Å². The highest BCUT2D eigenvalue weighted by atomic mass is 35.5. The number of unbranched alkanes of at least 4 members (excludes halogenated alkanes) is 5. The van der Waals surface area contributed by atoms with E-state index in [1.165, 1.54) is 25.7 Å². The Morgan fingerprint density at radius 1 is 1.30 bits per heavy atom. The number of halogens is 1. The standard InChI is InChI=1S/C17H29ClN4O/c1-5-6-7-8-9-10-11-16(23)20-19-12-15-14(4)21-22(13(2)3)17(15)18/h12-13H,5-11H2,1-4H3,(H,20,23)/b19-12-. The molecular formula is C17H29ClN4O. The van der Waals surface area contributed by atoms with Crippen LogP contribution in [0.3, 0.4) is 0 Å². The molecule has 0 aliphatic heterocycles. The van der Waals surface area contributed by atoms with E-state index < -0.39 is 0 Å².